The van der Waals surface area contributed by atoms with Crippen molar-refractivity contribution in [1.29, 1.82) is 0 Å². The molecule has 1 aliphatic rings. The molecular weight excluding hydrogens is 336 g/mol. The van der Waals surface area contributed by atoms with Gasteiger partial charge in [-0.2, -0.15) is 5.10 Å². The van der Waals surface area contributed by atoms with Crippen LogP contribution in [0.5, 0.6) is 0 Å². The van der Waals surface area contributed by atoms with E-state index in [2.05, 4.69) is 20.8 Å². The number of aryl methyl sites for hydroxylation is 2. The summed E-state index contributed by atoms with van der Waals surface area (Å²) in [4.78, 5) is 14.4. The largest absolute Gasteiger partial charge is 0.393 e. The van der Waals surface area contributed by atoms with E-state index in [4.69, 9.17) is 0 Å². The lowest BCUT2D eigenvalue weighted by molar-refractivity contribution is 0.118. The number of nitrogens with one attached hydrogen (secondary N) is 3. The molecule has 134 valence electrons. The number of hydrogen-bond acceptors (Lipinski definition) is 4. The molecule has 2 amide bonds. The molecule has 0 unspecified atom stereocenters. The maximum Gasteiger partial charge on any atom is 0.319 e. The zero-order valence-electron chi connectivity index (χ0n) is 14.5. The van der Waals surface area contributed by atoms with Crippen molar-refractivity contribution in [3.63, 3.8) is 0 Å². The number of aromatic amines is 1. The van der Waals surface area contributed by atoms with Crippen LogP contribution in [0.15, 0.2) is 34.1 Å². The Labute approximate surface area is 151 Å². The van der Waals surface area contributed by atoms with Gasteiger partial charge in [-0.25, -0.2) is 4.79 Å². The van der Waals surface area contributed by atoms with E-state index in [-0.39, 0.29) is 18.2 Å². The van der Waals surface area contributed by atoms with Gasteiger partial charge in [0.15, 0.2) is 0 Å². The van der Waals surface area contributed by atoms with Crippen molar-refractivity contribution in [3.05, 3.63) is 35.7 Å². The van der Waals surface area contributed by atoms with E-state index in [0.29, 0.717) is 0 Å². The summed E-state index contributed by atoms with van der Waals surface area (Å²) in [6.07, 6.45) is 2.91. The molecule has 25 heavy (non-hydrogen) atoms. The average molecular weight is 360 g/mol. The molecule has 0 spiro atoms. The molecule has 2 aromatic rings. The van der Waals surface area contributed by atoms with Crippen LogP contribution in [0.25, 0.3) is 0 Å². The van der Waals surface area contributed by atoms with Crippen molar-refractivity contribution in [1.82, 2.24) is 15.5 Å². The molecule has 1 aromatic carbocycles. The zero-order chi connectivity index (χ0) is 17.8. The monoisotopic (exact) mass is 360 g/mol. The highest BCUT2D eigenvalue weighted by molar-refractivity contribution is 7.99. The van der Waals surface area contributed by atoms with E-state index in [0.717, 1.165) is 52.5 Å². The van der Waals surface area contributed by atoms with Gasteiger partial charge in [-0.15, -0.1) is 0 Å². The van der Waals surface area contributed by atoms with E-state index in [1.54, 1.807) is 11.8 Å². The molecule has 0 radical (unpaired) electrons. The molecular formula is C18H24N4O2S. The lowest BCUT2D eigenvalue weighted by Crippen LogP contribution is -2.40. The second-order valence-electron chi connectivity index (χ2n) is 6.47. The molecule has 6 nitrogen and oxygen atoms in total. The quantitative estimate of drug-likeness (QED) is 0.670. The first kappa shape index (κ1) is 17.8. The van der Waals surface area contributed by atoms with Gasteiger partial charge in [-0.1, -0.05) is 23.9 Å². The normalized spacial score (nSPS) is 20.3. The first-order valence-electron chi connectivity index (χ1n) is 8.57. The third-order valence-corrected chi connectivity index (χ3v) is 5.82. The van der Waals surface area contributed by atoms with Gasteiger partial charge in [-0.3, -0.25) is 5.10 Å². The van der Waals surface area contributed by atoms with Gasteiger partial charge in [0, 0.05) is 16.6 Å². The minimum Gasteiger partial charge on any atom is -0.393 e. The molecule has 1 saturated carbocycles. The Morgan fingerprint density at radius 1 is 1.24 bits per heavy atom. The number of nitrogens with zero attached hydrogens (tertiary/aromatic N) is 1. The lowest BCUT2D eigenvalue weighted by atomic mass is 9.93. The Morgan fingerprint density at radius 2 is 1.96 bits per heavy atom. The van der Waals surface area contributed by atoms with Crippen LogP contribution in [0.4, 0.5) is 10.5 Å². The summed E-state index contributed by atoms with van der Waals surface area (Å²) in [5, 5.41) is 22.7. The predicted molar refractivity (Wildman–Crippen MR) is 99.0 cm³/mol. The number of H-pyrrole nitrogens is 1. The molecule has 1 fully saturated rings. The number of hydrogen-bond donors (Lipinski definition) is 4. The summed E-state index contributed by atoms with van der Waals surface area (Å²) in [5.41, 5.74) is 2.74. The van der Waals surface area contributed by atoms with Crippen LogP contribution in [-0.2, 0) is 0 Å². The number of anilines is 1. The number of carbonyl (C=O) groups excluding carboxylic acids is 1. The van der Waals surface area contributed by atoms with Crippen LogP contribution in [0.2, 0.25) is 0 Å². The van der Waals surface area contributed by atoms with Crippen LogP contribution in [0, 0.1) is 13.8 Å². The number of aliphatic hydroxyl groups excluding tert-OH is 1. The number of aliphatic hydroxyl groups is 1. The van der Waals surface area contributed by atoms with Crippen molar-refractivity contribution < 1.29 is 9.90 Å². The Bertz CT molecular complexity index is 719. The fraction of sp³-hybridized carbons (Fsp3) is 0.444. The lowest BCUT2D eigenvalue weighted by Gasteiger charge is -2.26. The Kier molecular flexibility index (Phi) is 5.65. The number of urea groups is 1. The topological polar surface area (TPSA) is 90.0 Å². The van der Waals surface area contributed by atoms with E-state index >= 15 is 0 Å². The minimum atomic E-state index is -0.223. The molecule has 0 saturated heterocycles. The number of amides is 2. The van der Waals surface area contributed by atoms with Gasteiger partial charge in [-0.05, 0) is 51.7 Å². The zero-order valence-corrected chi connectivity index (χ0v) is 15.3. The van der Waals surface area contributed by atoms with Crippen molar-refractivity contribution in [3.8, 4) is 0 Å². The summed E-state index contributed by atoms with van der Waals surface area (Å²) in [6.45, 7) is 3.95. The van der Waals surface area contributed by atoms with Crippen LogP contribution in [0.3, 0.4) is 0 Å². The fourth-order valence-electron chi connectivity index (χ4n) is 3.02. The number of carbonyl (C=O) groups is 1. The van der Waals surface area contributed by atoms with Crippen molar-refractivity contribution in [2.24, 2.45) is 0 Å². The van der Waals surface area contributed by atoms with E-state index in [1.807, 2.05) is 38.1 Å². The average Bonchev–Trinajstić information content (AvgIpc) is 2.90. The molecule has 0 bridgehead atoms. The van der Waals surface area contributed by atoms with Gasteiger partial charge in [0.2, 0.25) is 0 Å². The fourth-order valence-corrected chi connectivity index (χ4v) is 4.01. The summed E-state index contributed by atoms with van der Waals surface area (Å²) in [6, 6.07) is 7.68. The number of benzene rings is 1. The summed E-state index contributed by atoms with van der Waals surface area (Å²) >= 11 is 1.59. The summed E-state index contributed by atoms with van der Waals surface area (Å²) < 4.78 is 0. The first-order chi connectivity index (χ1) is 12.0. The van der Waals surface area contributed by atoms with E-state index < -0.39 is 0 Å². The highest BCUT2D eigenvalue weighted by atomic mass is 32.2. The van der Waals surface area contributed by atoms with Gasteiger partial charge in [0.25, 0.3) is 0 Å². The molecule has 1 aliphatic carbocycles. The molecule has 3 rings (SSSR count). The van der Waals surface area contributed by atoms with Crippen molar-refractivity contribution in [2.45, 2.75) is 61.5 Å². The third-order valence-electron chi connectivity index (χ3n) is 4.44. The maximum atomic E-state index is 12.3. The molecule has 1 heterocycles. The van der Waals surface area contributed by atoms with Crippen LogP contribution in [0.1, 0.15) is 37.1 Å². The summed E-state index contributed by atoms with van der Waals surface area (Å²) in [7, 11) is 0. The van der Waals surface area contributed by atoms with Gasteiger partial charge < -0.3 is 15.7 Å². The minimum absolute atomic E-state index is 0.126. The SMILES string of the molecule is Cc1n[nH]c(C)c1Sc1ccccc1NC(=O)NC1CCC(O)CC1. The van der Waals surface area contributed by atoms with Gasteiger partial charge >= 0.3 is 6.03 Å². The van der Waals surface area contributed by atoms with Crippen molar-refractivity contribution in [2.75, 3.05) is 5.32 Å². The van der Waals surface area contributed by atoms with Gasteiger partial charge in [0.1, 0.15) is 0 Å². The van der Waals surface area contributed by atoms with Crippen molar-refractivity contribution >= 4 is 23.5 Å². The van der Waals surface area contributed by atoms with E-state index in [9.17, 15) is 9.90 Å². The number of aromatic nitrogens is 2. The Balaban J connectivity index is 1.65. The highest BCUT2D eigenvalue weighted by Gasteiger charge is 2.21. The second kappa shape index (κ2) is 7.93. The molecule has 1 aromatic heterocycles. The maximum absolute atomic E-state index is 12.3. The number of rotatable bonds is 4. The summed E-state index contributed by atoms with van der Waals surface area (Å²) in [5.74, 6) is 0. The van der Waals surface area contributed by atoms with Crippen LogP contribution >= 0.6 is 11.8 Å². The molecule has 4 N–H and O–H groups in total. The second-order valence-corrected chi connectivity index (χ2v) is 7.52. The van der Waals surface area contributed by atoms with Crippen LogP contribution in [-0.4, -0.2) is 33.5 Å². The van der Waals surface area contributed by atoms with E-state index in [1.165, 1.54) is 0 Å². The van der Waals surface area contributed by atoms with Crippen LogP contribution < -0.4 is 10.6 Å². The number of para-hydroxylation sites is 1. The van der Waals surface area contributed by atoms with Gasteiger partial charge in [0.05, 0.1) is 22.4 Å². The predicted octanol–water partition coefficient (Wildman–Crippen LogP) is 3.60. The highest BCUT2D eigenvalue weighted by Crippen LogP contribution is 2.36. The molecule has 7 heteroatoms. The first-order valence-corrected chi connectivity index (χ1v) is 9.38. The molecule has 0 aliphatic heterocycles. The smallest absolute Gasteiger partial charge is 0.319 e. The standard InChI is InChI=1S/C18H24N4O2S/c1-11-17(12(2)22-21-11)25-16-6-4-3-5-15(16)20-18(24)19-13-7-9-14(23)10-8-13/h3-6,13-14,23H,7-10H2,1-2H3,(H,21,22)(H2,19,20,24). The Hall–Kier alpha value is -1.99. The molecule has 0 atom stereocenters. The Morgan fingerprint density at radius 3 is 2.64 bits per heavy atom. The third kappa shape index (κ3) is 4.55.